The van der Waals surface area contributed by atoms with Crippen molar-refractivity contribution in [3.63, 3.8) is 0 Å². The third-order valence-electron chi connectivity index (χ3n) is 5.66. The van der Waals surface area contributed by atoms with Gasteiger partial charge in [0.1, 0.15) is 17.3 Å². The van der Waals surface area contributed by atoms with Gasteiger partial charge in [-0.3, -0.25) is 14.5 Å². The number of ether oxygens (including phenoxy) is 2. The number of hydrogen-bond donors (Lipinski definition) is 1. The number of halogens is 1. The highest BCUT2D eigenvalue weighted by Crippen LogP contribution is 2.46. The van der Waals surface area contributed by atoms with Crippen LogP contribution in [-0.2, 0) is 9.59 Å². The molecule has 0 bridgehead atoms. The average Bonchev–Trinajstić information content (AvgIpc) is 3.10. The molecule has 6 nitrogen and oxygen atoms in total. The molecule has 0 aliphatic carbocycles. The summed E-state index contributed by atoms with van der Waals surface area (Å²) in [4.78, 5) is 27.9. The molecule has 1 fully saturated rings. The summed E-state index contributed by atoms with van der Waals surface area (Å²) in [5, 5.41) is 11.6. The Morgan fingerprint density at radius 3 is 2.33 bits per heavy atom. The average molecular weight is 464 g/mol. The molecule has 3 aromatic carbocycles. The zero-order chi connectivity index (χ0) is 23.7. The van der Waals surface area contributed by atoms with Crippen LogP contribution in [0.2, 0.25) is 5.02 Å². The minimum absolute atomic E-state index is 0.0468. The van der Waals surface area contributed by atoms with Crippen molar-refractivity contribution < 1.29 is 24.2 Å². The summed E-state index contributed by atoms with van der Waals surface area (Å²) >= 11 is 6.34. The number of aryl methyl sites for hydroxylation is 1. The van der Waals surface area contributed by atoms with Crippen LogP contribution in [0.4, 0.5) is 5.69 Å². The number of nitrogens with zero attached hydrogens (tertiary/aromatic N) is 1. The number of ketones is 1. The van der Waals surface area contributed by atoms with E-state index in [1.807, 2.05) is 6.92 Å². The van der Waals surface area contributed by atoms with Gasteiger partial charge in [-0.15, -0.1) is 0 Å². The molecule has 4 rings (SSSR count). The second-order valence-electron chi connectivity index (χ2n) is 7.58. The summed E-state index contributed by atoms with van der Waals surface area (Å²) in [6.45, 7) is 1.85. The molecule has 0 aromatic heterocycles. The van der Waals surface area contributed by atoms with Crippen molar-refractivity contribution in [2.45, 2.75) is 13.0 Å². The monoisotopic (exact) mass is 463 g/mol. The first kappa shape index (κ1) is 22.4. The summed E-state index contributed by atoms with van der Waals surface area (Å²) in [5.74, 6) is -0.905. The highest BCUT2D eigenvalue weighted by Gasteiger charge is 2.48. The minimum atomic E-state index is -0.964. The molecule has 168 valence electrons. The number of aliphatic hydroxyl groups is 1. The standard InChI is InChI=1S/C26H22ClNO5/c1-15-9-10-17(13-20(15)27)28-23(19-14-18(32-2)11-12-21(19)33-3)22(25(30)26(28)31)24(29)16-7-5-4-6-8-16/h4-14,23,29H,1-3H3. The van der Waals surface area contributed by atoms with Gasteiger partial charge in [-0.1, -0.05) is 48.0 Å². The summed E-state index contributed by atoms with van der Waals surface area (Å²) < 4.78 is 10.9. The van der Waals surface area contributed by atoms with E-state index in [2.05, 4.69) is 0 Å². The molecule has 0 radical (unpaired) electrons. The van der Waals surface area contributed by atoms with Crippen molar-refractivity contribution in [3.8, 4) is 11.5 Å². The second-order valence-corrected chi connectivity index (χ2v) is 7.98. The van der Waals surface area contributed by atoms with Crippen LogP contribution in [0, 0.1) is 6.92 Å². The SMILES string of the molecule is COc1ccc(OC)c(C2C(=C(O)c3ccccc3)C(=O)C(=O)N2c2ccc(C)c(Cl)c2)c1. The van der Waals surface area contributed by atoms with Crippen LogP contribution in [0.3, 0.4) is 0 Å². The maximum absolute atomic E-state index is 13.3. The van der Waals surface area contributed by atoms with E-state index in [1.165, 1.54) is 19.1 Å². The van der Waals surface area contributed by atoms with E-state index in [0.29, 0.717) is 33.3 Å². The predicted octanol–water partition coefficient (Wildman–Crippen LogP) is 5.29. The van der Waals surface area contributed by atoms with Gasteiger partial charge in [0, 0.05) is 21.8 Å². The lowest BCUT2D eigenvalue weighted by Gasteiger charge is -2.27. The van der Waals surface area contributed by atoms with Crippen LogP contribution in [0.25, 0.3) is 5.76 Å². The molecule has 0 spiro atoms. The van der Waals surface area contributed by atoms with Crippen LogP contribution < -0.4 is 14.4 Å². The van der Waals surface area contributed by atoms with E-state index in [-0.39, 0.29) is 11.3 Å². The number of benzene rings is 3. The van der Waals surface area contributed by atoms with E-state index >= 15 is 0 Å². The van der Waals surface area contributed by atoms with Gasteiger partial charge in [0.05, 0.1) is 25.8 Å². The molecule has 1 unspecified atom stereocenters. The number of carbonyl (C=O) groups excluding carboxylic acids is 2. The smallest absolute Gasteiger partial charge is 0.300 e. The normalized spacial score (nSPS) is 17.3. The lowest BCUT2D eigenvalue weighted by Crippen LogP contribution is -2.29. The highest BCUT2D eigenvalue weighted by molar-refractivity contribution is 6.52. The lowest BCUT2D eigenvalue weighted by molar-refractivity contribution is -0.132. The van der Waals surface area contributed by atoms with E-state index in [1.54, 1.807) is 66.7 Å². The van der Waals surface area contributed by atoms with Crippen molar-refractivity contribution in [1.29, 1.82) is 0 Å². The number of aliphatic hydroxyl groups excluding tert-OH is 1. The number of hydrogen-bond acceptors (Lipinski definition) is 5. The number of amides is 1. The van der Waals surface area contributed by atoms with Crippen LogP contribution in [0.1, 0.15) is 22.7 Å². The largest absolute Gasteiger partial charge is 0.507 e. The van der Waals surface area contributed by atoms with Gasteiger partial charge in [0.15, 0.2) is 0 Å². The first-order valence-electron chi connectivity index (χ1n) is 10.2. The van der Waals surface area contributed by atoms with Crippen molar-refractivity contribution >= 4 is 34.7 Å². The first-order valence-corrected chi connectivity index (χ1v) is 10.6. The first-order chi connectivity index (χ1) is 15.9. The van der Waals surface area contributed by atoms with Gasteiger partial charge >= 0.3 is 0 Å². The quantitative estimate of drug-likeness (QED) is 0.316. The van der Waals surface area contributed by atoms with E-state index in [9.17, 15) is 14.7 Å². The maximum atomic E-state index is 13.3. The van der Waals surface area contributed by atoms with Crippen LogP contribution in [0.5, 0.6) is 11.5 Å². The molecule has 1 heterocycles. The van der Waals surface area contributed by atoms with Crippen molar-refractivity contribution in [2.24, 2.45) is 0 Å². The van der Waals surface area contributed by atoms with Crippen molar-refractivity contribution in [3.05, 3.63) is 94.0 Å². The molecule has 33 heavy (non-hydrogen) atoms. The van der Waals surface area contributed by atoms with Gasteiger partial charge in [0.25, 0.3) is 11.7 Å². The van der Waals surface area contributed by atoms with Crippen LogP contribution in [0.15, 0.2) is 72.3 Å². The minimum Gasteiger partial charge on any atom is -0.507 e. The summed E-state index contributed by atoms with van der Waals surface area (Å²) in [6.07, 6.45) is 0. The molecule has 1 aliphatic rings. The lowest BCUT2D eigenvalue weighted by atomic mass is 9.94. The predicted molar refractivity (Wildman–Crippen MR) is 127 cm³/mol. The molecule has 3 aromatic rings. The molecular formula is C26H22ClNO5. The Morgan fingerprint density at radius 1 is 0.970 bits per heavy atom. The molecule has 1 N–H and O–H groups in total. The van der Waals surface area contributed by atoms with E-state index in [4.69, 9.17) is 21.1 Å². The summed E-state index contributed by atoms with van der Waals surface area (Å²) in [7, 11) is 3.02. The van der Waals surface area contributed by atoms with Gasteiger partial charge in [-0.25, -0.2) is 0 Å². The Hall–Kier alpha value is -3.77. The molecular weight excluding hydrogens is 442 g/mol. The Morgan fingerprint density at radius 2 is 1.70 bits per heavy atom. The fourth-order valence-corrected chi connectivity index (χ4v) is 4.10. The third kappa shape index (κ3) is 3.94. The number of methoxy groups -OCH3 is 2. The zero-order valence-electron chi connectivity index (χ0n) is 18.3. The zero-order valence-corrected chi connectivity index (χ0v) is 19.1. The Balaban J connectivity index is 2.02. The number of anilines is 1. The fraction of sp³-hybridized carbons (Fsp3) is 0.154. The second kappa shape index (κ2) is 9.00. The fourth-order valence-electron chi connectivity index (χ4n) is 3.93. The Kier molecular flexibility index (Phi) is 6.11. The molecule has 7 heteroatoms. The molecule has 1 saturated heterocycles. The molecule has 1 atom stereocenters. The van der Waals surface area contributed by atoms with Crippen molar-refractivity contribution in [1.82, 2.24) is 0 Å². The van der Waals surface area contributed by atoms with Crippen molar-refractivity contribution in [2.75, 3.05) is 19.1 Å². The third-order valence-corrected chi connectivity index (χ3v) is 6.06. The molecule has 1 aliphatic heterocycles. The van der Waals surface area contributed by atoms with E-state index < -0.39 is 17.7 Å². The van der Waals surface area contributed by atoms with Gasteiger partial charge in [-0.05, 0) is 42.8 Å². The Labute approximate surface area is 196 Å². The molecule has 1 amide bonds. The number of carbonyl (C=O) groups is 2. The topological polar surface area (TPSA) is 76.1 Å². The summed E-state index contributed by atoms with van der Waals surface area (Å²) in [5.41, 5.74) is 2.12. The van der Waals surface area contributed by atoms with Gasteiger partial charge in [-0.2, -0.15) is 0 Å². The van der Waals surface area contributed by atoms with E-state index in [0.717, 1.165) is 5.56 Å². The van der Waals surface area contributed by atoms with Gasteiger partial charge < -0.3 is 14.6 Å². The maximum Gasteiger partial charge on any atom is 0.300 e. The van der Waals surface area contributed by atoms with Crippen LogP contribution in [-0.4, -0.2) is 31.0 Å². The summed E-state index contributed by atoms with van der Waals surface area (Å²) in [6, 6.07) is 17.9. The number of rotatable bonds is 5. The van der Waals surface area contributed by atoms with Gasteiger partial charge in [0.2, 0.25) is 0 Å². The highest BCUT2D eigenvalue weighted by atomic mass is 35.5. The number of Topliss-reactive ketones (excluding diaryl/α,β-unsaturated/α-hetero) is 1. The Bertz CT molecular complexity index is 1270. The molecule has 0 saturated carbocycles. The van der Waals surface area contributed by atoms with Crippen LogP contribution >= 0.6 is 11.6 Å².